The lowest BCUT2D eigenvalue weighted by atomic mass is 10.0. The minimum absolute atomic E-state index is 1.04. The maximum atomic E-state index is 4.48. The Bertz CT molecular complexity index is 228. The first-order valence-electron chi connectivity index (χ1n) is 4.45. The number of nitrogens with zero attached hydrogens (tertiary/aromatic N) is 1. The first-order chi connectivity index (χ1) is 5.65. The highest BCUT2D eigenvalue weighted by molar-refractivity contribution is 7.84. The van der Waals surface area contributed by atoms with Crippen molar-refractivity contribution in [3.05, 3.63) is 22.3 Å². The largest absolute Gasteiger partial charge is 0.374 e. The zero-order valence-corrected chi connectivity index (χ0v) is 8.99. The Morgan fingerprint density at radius 1 is 1.50 bits per heavy atom. The van der Waals surface area contributed by atoms with E-state index in [4.69, 9.17) is 0 Å². The number of rotatable bonds is 2. The zero-order chi connectivity index (χ0) is 9.14. The van der Waals surface area contributed by atoms with E-state index in [0.717, 1.165) is 13.0 Å². The van der Waals surface area contributed by atoms with E-state index in [1.807, 2.05) is 0 Å². The van der Waals surface area contributed by atoms with Gasteiger partial charge in [-0.05, 0) is 32.8 Å². The highest BCUT2D eigenvalue weighted by Gasteiger charge is 2.10. The van der Waals surface area contributed by atoms with Crippen molar-refractivity contribution in [3.8, 4) is 0 Å². The Kier molecular flexibility index (Phi) is 3.27. The van der Waals surface area contributed by atoms with Gasteiger partial charge in [-0.3, -0.25) is 0 Å². The number of likely N-dealkylation sites (N-methyl/N-ethyl adjacent to an activating group) is 1. The van der Waals surface area contributed by atoms with Crippen LogP contribution in [0.15, 0.2) is 22.3 Å². The molecule has 0 bridgehead atoms. The third-order valence-corrected chi connectivity index (χ3v) is 2.77. The summed E-state index contributed by atoms with van der Waals surface area (Å²) < 4.78 is 0. The average Bonchev–Trinajstić information content (AvgIpc) is 2.08. The molecule has 0 N–H and O–H groups in total. The Balaban J connectivity index is 2.85. The SMILES string of the molecule is CCN(C)C1=C(S)CCC(C)=C1. The van der Waals surface area contributed by atoms with Crippen LogP contribution in [0.3, 0.4) is 0 Å². The molecule has 0 aromatic rings. The summed E-state index contributed by atoms with van der Waals surface area (Å²) in [4.78, 5) is 3.47. The molecule has 0 unspecified atom stereocenters. The fourth-order valence-corrected chi connectivity index (χ4v) is 1.68. The molecule has 0 spiro atoms. The van der Waals surface area contributed by atoms with Crippen molar-refractivity contribution in [1.29, 1.82) is 0 Å². The van der Waals surface area contributed by atoms with Crippen LogP contribution in [-0.2, 0) is 0 Å². The number of hydrogen-bond donors (Lipinski definition) is 1. The second-order valence-corrected chi connectivity index (χ2v) is 3.88. The quantitative estimate of drug-likeness (QED) is 0.644. The molecule has 12 heavy (non-hydrogen) atoms. The van der Waals surface area contributed by atoms with E-state index in [1.54, 1.807) is 0 Å². The van der Waals surface area contributed by atoms with E-state index in [1.165, 1.54) is 22.6 Å². The van der Waals surface area contributed by atoms with E-state index in [9.17, 15) is 0 Å². The van der Waals surface area contributed by atoms with Crippen LogP contribution in [0.5, 0.6) is 0 Å². The summed E-state index contributed by atoms with van der Waals surface area (Å²) in [5.41, 5.74) is 2.76. The molecule has 1 rings (SSSR count). The maximum Gasteiger partial charge on any atom is 0.0457 e. The lowest BCUT2D eigenvalue weighted by Crippen LogP contribution is -2.18. The highest BCUT2D eigenvalue weighted by atomic mass is 32.1. The van der Waals surface area contributed by atoms with Crippen LogP contribution < -0.4 is 0 Å². The molecular formula is C10H17NS. The Morgan fingerprint density at radius 2 is 2.17 bits per heavy atom. The summed E-state index contributed by atoms with van der Waals surface area (Å²) in [5, 5.41) is 0. The number of allylic oxidation sites excluding steroid dienone is 3. The molecule has 0 saturated heterocycles. The van der Waals surface area contributed by atoms with Gasteiger partial charge in [-0.2, -0.15) is 0 Å². The summed E-state index contributed by atoms with van der Waals surface area (Å²) in [7, 11) is 2.11. The van der Waals surface area contributed by atoms with Crippen molar-refractivity contribution in [2.24, 2.45) is 0 Å². The van der Waals surface area contributed by atoms with Gasteiger partial charge in [0, 0.05) is 24.2 Å². The summed E-state index contributed by atoms with van der Waals surface area (Å²) >= 11 is 4.48. The maximum absolute atomic E-state index is 4.48. The van der Waals surface area contributed by atoms with E-state index in [-0.39, 0.29) is 0 Å². The molecule has 0 amide bonds. The first kappa shape index (κ1) is 9.72. The molecule has 0 fully saturated rings. The van der Waals surface area contributed by atoms with Crippen LogP contribution in [0.25, 0.3) is 0 Å². The van der Waals surface area contributed by atoms with Crippen LogP contribution >= 0.6 is 12.6 Å². The Morgan fingerprint density at radius 3 is 2.75 bits per heavy atom. The predicted molar refractivity (Wildman–Crippen MR) is 57.3 cm³/mol. The highest BCUT2D eigenvalue weighted by Crippen LogP contribution is 2.27. The number of thiol groups is 1. The third-order valence-electron chi connectivity index (χ3n) is 2.32. The van der Waals surface area contributed by atoms with Crippen molar-refractivity contribution in [1.82, 2.24) is 4.90 Å². The van der Waals surface area contributed by atoms with Crippen molar-refractivity contribution >= 4 is 12.6 Å². The molecule has 2 heteroatoms. The van der Waals surface area contributed by atoms with Crippen LogP contribution in [0, 0.1) is 0 Å². The third kappa shape index (κ3) is 2.07. The monoisotopic (exact) mass is 183 g/mol. The fraction of sp³-hybridized carbons (Fsp3) is 0.600. The lowest BCUT2D eigenvalue weighted by molar-refractivity contribution is 0.449. The average molecular weight is 183 g/mol. The summed E-state index contributed by atoms with van der Waals surface area (Å²) in [6.45, 7) is 5.39. The lowest BCUT2D eigenvalue weighted by Gasteiger charge is -2.24. The Hall–Kier alpha value is -0.370. The predicted octanol–water partition coefficient (Wildman–Crippen LogP) is 2.82. The van der Waals surface area contributed by atoms with Crippen molar-refractivity contribution in [2.75, 3.05) is 13.6 Å². The molecule has 1 aliphatic rings. The van der Waals surface area contributed by atoms with E-state index in [2.05, 4.69) is 44.5 Å². The smallest absolute Gasteiger partial charge is 0.0457 e. The molecule has 0 radical (unpaired) electrons. The van der Waals surface area contributed by atoms with Crippen molar-refractivity contribution in [2.45, 2.75) is 26.7 Å². The summed E-state index contributed by atoms with van der Waals surface area (Å²) in [6, 6.07) is 0. The minimum Gasteiger partial charge on any atom is -0.374 e. The zero-order valence-electron chi connectivity index (χ0n) is 8.09. The van der Waals surface area contributed by atoms with Crippen LogP contribution in [0.2, 0.25) is 0 Å². The van der Waals surface area contributed by atoms with E-state index >= 15 is 0 Å². The van der Waals surface area contributed by atoms with Gasteiger partial charge in [0.05, 0.1) is 0 Å². The van der Waals surface area contributed by atoms with Gasteiger partial charge in [0.2, 0.25) is 0 Å². The second-order valence-electron chi connectivity index (χ2n) is 3.34. The van der Waals surface area contributed by atoms with Crippen molar-refractivity contribution < 1.29 is 0 Å². The molecule has 0 atom stereocenters. The fourth-order valence-electron chi connectivity index (χ4n) is 1.33. The minimum atomic E-state index is 1.04. The van der Waals surface area contributed by atoms with E-state index in [0.29, 0.717) is 0 Å². The van der Waals surface area contributed by atoms with Crippen LogP contribution in [-0.4, -0.2) is 18.5 Å². The first-order valence-corrected chi connectivity index (χ1v) is 4.90. The normalized spacial score (nSPS) is 17.8. The van der Waals surface area contributed by atoms with Gasteiger partial charge in [-0.1, -0.05) is 5.57 Å². The molecule has 0 aromatic heterocycles. The topological polar surface area (TPSA) is 3.24 Å². The van der Waals surface area contributed by atoms with Gasteiger partial charge in [0.1, 0.15) is 0 Å². The number of hydrogen-bond acceptors (Lipinski definition) is 2. The molecule has 0 heterocycles. The van der Waals surface area contributed by atoms with E-state index < -0.39 is 0 Å². The second kappa shape index (κ2) is 4.04. The standard InChI is InChI=1S/C10H17NS/c1-4-11(3)9-7-8(2)5-6-10(9)12/h7,12H,4-6H2,1-3H3. The molecule has 1 nitrogen and oxygen atoms in total. The van der Waals surface area contributed by atoms with Gasteiger partial charge in [0.25, 0.3) is 0 Å². The van der Waals surface area contributed by atoms with Crippen LogP contribution in [0.4, 0.5) is 0 Å². The molecule has 68 valence electrons. The van der Waals surface area contributed by atoms with Gasteiger partial charge < -0.3 is 4.90 Å². The van der Waals surface area contributed by atoms with Gasteiger partial charge in [-0.25, -0.2) is 0 Å². The van der Waals surface area contributed by atoms with Gasteiger partial charge in [0.15, 0.2) is 0 Å². The summed E-state index contributed by atoms with van der Waals surface area (Å²) in [6.07, 6.45) is 4.51. The molecule has 1 aliphatic carbocycles. The summed E-state index contributed by atoms with van der Waals surface area (Å²) in [5.74, 6) is 0. The molecule has 0 saturated carbocycles. The van der Waals surface area contributed by atoms with Crippen LogP contribution in [0.1, 0.15) is 26.7 Å². The van der Waals surface area contributed by atoms with Gasteiger partial charge in [-0.15, -0.1) is 12.6 Å². The Labute approximate surface area is 80.6 Å². The van der Waals surface area contributed by atoms with Gasteiger partial charge >= 0.3 is 0 Å². The molecule has 0 aliphatic heterocycles. The molecule has 0 aromatic carbocycles. The van der Waals surface area contributed by atoms with Crippen molar-refractivity contribution in [3.63, 3.8) is 0 Å². The molecular weight excluding hydrogens is 166 g/mol.